The molecule has 0 aliphatic rings. The summed E-state index contributed by atoms with van der Waals surface area (Å²) in [6, 6.07) is 17.5. The summed E-state index contributed by atoms with van der Waals surface area (Å²) in [7, 11) is 1.51. The molecule has 6 heteroatoms. The molecule has 3 aromatic carbocycles. The van der Waals surface area contributed by atoms with Crippen LogP contribution < -0.4 is 10.1 Å². The predicted molar refractivity (Wildman–Crippen MR) is 96.8 cm³/mol. The third kappa shape index (κ3) is 4.09. The minimum Gasteiger partial charge on any atom is -0.496 e. The van der Waals surface area contributed by atoms with Crippen LogP contribution in [-0.4, -0.2) is 18.8 Å². The van der Waals surface area contributed by atoms with Gasteiger partial charge in [-0.05, 0) is 47.2 Å². The van der Waals surface area contributed by atoms with Gasteiger partial charge in [0.15, 0.2) is 0 Å². The number of halogens is 2. The van der Waals surface area contributed by atoms with Crippen molar-refractivity contribution in [1.82, 2.24) is 0 Å². The summed E-state index contributed by atoms with van der Waals surface area (Å²) in [6.45, 7) is 0. The second-order valence-electron chi connectivity index (χ2n) is 5.26. The summed E-state index contributed by atoms with van der Waals surface area (Å²) < 4.78 is 30.0. The number of methoxy groups -OCH3 is 1. The van der Waals surface area contributed by atoms with Gasteiger partial charge in [-0.15, -0.1) is 0 Å². The van der Waals surface area contributed by atoms with Crippen LogP contribution >= 0.6 is 11.8 Å². The molecule has 0 spiro atoms. The van der Waals surface area contributed by atoms with Crippen molar-refractivity contribution in [2.45, 2.75) is 10.7 Å². The monoisotopic (exact) mass is 359 g/mol. The van der Waals surface area contributed by atoms with Crippen molar-refractivity contribution in [3.05, 3.63) is 66.2 Å². The largest absolute Gasteiger partial charge is 0.496 e. The van der Waals surface area contributed by atoms with E-state index in [1.165, 1.54) is 7.11 Å². The molecule has 1 amide bonds. The van der Waals surface area contributed by atoms with E-state index in [0.717, 1.165) is 10.8 Å². The van der Waals surface area contributed by atoms with Crippen molar-refractivity contribution in [2.75, 3.05) is 12.4 Å². The lowest BCUT2D eigenvalue weighted by Crippen LogP contribution is -2.13. The average Bonchev–Trinajstić information content (AvgIpc) is 2.61. The maximum atomic E-state index is 12.6. The van der Waals surface area contributed by atoms with E-state index in [1.54, 1.807) is 30.3 Å². The van der Waals surface area contributed by atoms with Crippen molar-refractivity contribution in [2.24, 2.45) is 0 Å². The van der Waals surface area contributed by atoms with Crippen molar-refractivity contribution >= 4 is 34.1 Å². The Kier molecular flexibility index (Phi) is 5.19. The number of thioether (sulfide) groups is 1. The number of carbonyl (C=O) groups excluding carboxylic acids is 1. The maximum Gasteiger partial charge on any atom is 0.288 e. The molecule has 0 atom stereocenters. The molecule has 0 aromatic heterocycles. The molecule has 0 heterocycles. The lowest BCUT2D eigenvalue weighted by atomic mass is 10.1. The smallest absolute Gasteiger partial charge is 0.288 e. The van der Waals surface area contributed by atoms with Gasteiger partial charge in [-0.2, -0.15) is 8.78 Å². The van der Waals surface area contributed by atoms with Gasteiger partial charge in [-0.25, -0.2) is 0 Å². The number of ether oxygens (including phenoxy) is 1. The van der Waals surface area contributed by atoms with Gasteiger partial charge in [0.2, 0.25) is 0 Å². The van der Waals surface area contributed by atoms with Crippen molar-refractivity contribution in [1.29, 1.82) is 0 Å². The summed E-state index contributed by atoms with van der Waals surface area (Å²) in [6.07, 6.45) is 0. The Hall–Kier alpha value is -2.60. The fourth-order valence-electron chi connectivity index (χ4n) is 2.48. The van der Waals surface area contributed by atoms with Crippen LogP contribution in [0.4, 0.5) is 14.5 Å². The summed E-state index contributed by atoms with van der Waals surface area (Å²) in [5.41, 5.74) is 0.936. The second kappa shape index (κ2) is 7.53. The molecular weight excluding hydrogens is 344 g/mol. The van der Waals surface area contributed by atoms with E-state index in [2.05, 4.69) is 5.32 Å². The molecule has 3 rings (SSSR count). The van der Waals surface area contributed by atoms with E-state index in [1.807, 2.05) is 30.3 Å². The molecule has 3 aromatic rings. The van der Waals surface area contributed by atoms with Gasteiger partial charge in [-0.3, -0.25) is 4.79 Å². The summed E-state index contributed by atoms with van der Waals surface area (Å²) in [5, 5.41) is 4.67. The Balaban J connectivity index is 1.84. The zero-order chi connectivity index (χ0) is 17.8. The molecule has 25 heavy (non-hydrogen) atoms. The number of anilines is 1. The highest BCUT2D eigenvalue weighted by molar-refractivity contribution is 7.99. The molecule has 0 aliphatic carbocycles. The van der Waals surface area contributed by atoms with Crippen LogP contribution in [0.15, 0.2) is 65.6 Å². The normalized spacial score (nSPS) is 10.9. The Labute approximate surface area is 148 Å². The van der Waals surface area contributed by atoms with Gasteiger partial charge in [0.05, 0.1) is 12.7 Å². The lowest BCUT2D eigenvalue weighted by molar-refractivity contribution is 0.102. The van der Waals surface area contributed by atoms with Gasteiger partial charge in [0.25, 0.3) is 11.7 Å². The molecule has 0 saturated carbocycles. The zero-order valence-electron chi connectivity index (χ0n) is 13.3. The molecular formula is C19H15F2NO2S. The first-order chi connectivity index (χ1) is 12.1. The van der Waals surface area contributed by atoms with E-state index < -0.39 is 5.76 Å². The molecule has 0 saturated heterocycles. The number of hydrogen-bond donors (Lipinski definition) is 1. The van der Waals surface area contributed by atoms with Crippen molar-refractivity contribution < 1.29 is 18.3 Å². The van der Waals surface area contributed by atoms with Gasteiger partial charge in [-0.1, -0.05) is 36.0 Å². The first kappa shape index (κ1) is 17.2. The van der Waals surface area contributed by atoms with Gasteiger partial charge >= 0.3 is 0 Å². The number of alkyl halides is 2. The number of fused-ring (bicyclic) bond motifs is 1. The van der Waals surface area contributed by atoms with E-state index in [-0.39, 0.29) is 5.91 Å². The third-order valence-corrected chi connectivity index (χ3v) is 4.37. The van der Waals surface area contributed by atoms with Crippen LogP contribution in [0, 0.1) is 0 Å². The maximum absolute atomic E-state index is 12.6. The molecule has 128 valence electrons. The SMILES string of the molecule is COc1cc2ccccc2cc1C(=O)Nc1ccc(SC(F)F)cc1. The van der Waals surface area contributed by atoms with Crippen LogP contribution in [0.1, 0.15) is 10.4 Å². The van der Waals surface area contributed by atoms with E-state index >= 15 is 0 Å². The van der Waals surface area contributed by atoms with Crippen LogP contribution in [0.5, 0.6) is 5.75 Å². The van der Waals surface area contributed by atoms with Crippen LogP contribution in [0.3, 0.4) is 0 Å². The Morgan fingerprint density at radius 1 is 1.04 bits per heavy atom. The first-order valence-electron chi connectivity index (χ1n) is 7.50. The number of hydrogen-bond acceptors (Lipinski definition) is 3. The fourth-order valence-corrected chi connectivity index (χ4v) is 2.98. The summed E-state index contributed by atoms with van der Waals surface area (Å²) >= 11 is 0.464. The molecule has 0 radical (unpaired) electrons. The molecule has 1 N–H and O–H groups in total. The average molecular weight is 359 g/mol. The van der Waals surface area contributed by atoms with Gasteiger partial charge in [0.1, 0.15) is 5.75 Å². The minimum absolute atomic E-state index is 0.322. The van der Waals surface area contributed by atoms with Gasteiger partial charge < -0.3 is 10.1 Å². The third-order valence-electron chi connectivity index (χ3n) is 3.65. The highest BCUT2D eigenvalue weighted by atomic mass is 32.2. The fraction of sp³-hybridized carbons (Fsp3) is 0.105. The van der Waals surface area contributed by atoms with Crippen molar-refractivity contribution in [3.63, 3.8) is 0 Å². The van der Waals surface area contributed by atoms with E-state index in [4.69, 9.17) is 4.74 Å². The Morgan fingerprint density at radius 2 is 1.68 bits per heavy atom. The highest BCUT2D eigenvalue weighted by Gasteiger charge is 2.14. The quantitative estimate of drug-likeness (QED) is 0.619. The number of carbonyl (C=O) groups is 1. The molecule has 0 bridgehead atoms. The lowest BCUT2D eigenvalue weighted by Gasteiger charge is -2.11. The minimum atomic E-state index is -2.47. The predicted octanol–water partition coefficient (Wildman–Crippen LogP) is 5.42. The standard InChI is InChI=1S/C19H15F2NO2S/c1-24-17-11-13-5-3-2-4-12(13)10-16(17)18(23)22-14-6-8-15(9-7-14)25-19(20)21/h2-11,19H,1H3,(H,22,23). The molecule has 0 fully saturated rings. The molecule has 3 nitrogen and oxygen atoms in total. The first-order valence-corrected chi connectivity index (χ1v) is 8.38. The van der Waals surface area contributed by atoms with E-state index in [0.29, 0.717) is 33.7 Å². The summed E-state index contributed by atoms with van der Waals surface area (Å²) in [4.78, 5) is 13.0. The molecule has 0 aliphatic heterocycles. The van der Waals surface area contributed by atoms with Crippen molar-refractivity contribution in [3.8, 4) is 5.75 Å². The zero-order valence-corrected chi connectivity index (χ0v) is 14.1. The van der Waals surface area contributed by atoms with Gasteiger partial charge in [0, 0.05) is 10.6 Å². The highest BCUT2D eigenvalue weighted by Crippen LogP contribution is 2.28. The van der Waals surface area contributed by atoms with Crippen LogP contribution in [-0.2, 0) is 0 Å². The number of rotatable bonds is 5. The van der Waals surface area contributed by atoms with Crippen LogP contribution in [0.2, 0.25) is 0 Å². The number of benzene rings is 3. The Bertz CT molecular complexity index is 898. The molecule has 0 unspecified atom stereocenters. The number of nitrogens with one attached hydrogen (secondary N) is 1. The van der Waals surface area contributed by atoms with Crippen LogP contribution in [0.25, 0.3) is 10.8 Å². The number of amides is 1. The second-order valence-corrected chi connectivity index (χ2v) is 6.32. The van der Waals surface area contributed by atoms with E-state index in [9.17, 15) is 13.6 Å². The Morgan fingerprint density at radius 3 is 2.28 bits per heavy atom. The summed E-state index contributed by atoms with van der Waals surface area (Å²) in [5.74, 6) is -2.32. The topological polar surface area (TPSA) is 38.3 Å².